The third kappa shape index (κ3) is 2.82. The van der Waals surface area contributed by atoms with Gasteiger partial charge in [0.05, 0.1) is 11.5 Å². The molecule has 0 spiro atoms. The maximum Gasteiger partial charge on any atom is 0.0910 e. The van der Waals surface area contributed by atoms with Gasteiger partial charge >= 0.3 is 0 Å². The molecule has 14 heavy (non-hydrogen) atoms. The molecule has 0 heterocycles. The van der Waals surface area contributed by atoms with Crippen LogP contribution in [0.5, 0.6) is 0 Å². The predicted octanol–water partition coefficient (Wildman–Crippen LogP) is 3.12. The first-order valence-corrected chi connectivity index (χ1v) is 4.85. The quantitative estimate of drug-likeness (QED) is 0.651. The molecule has 0 aliphatic heterocycles. The van der Waals surface area contributed by atoms with Crippen LogP contribution >= 0.6 is 0 Å². The summed E-state index contributed by atoms with van der Waals surface area (Å²) in [4.78, 5) is 8.27. The van der Waals surface area contributed by atoms with Crippen LogP contribution in [0.3, 0.4) is 0 Å². The molecule has 0 aliphatic carbocycles. The summed E-state index contributed by atoms with van der Waals surface area (Å²) in [6.07, 6.45) is 0. The molecular weight excluding hydrogens is 172 g/mol. The Balaban J connectivity index is 2.91. The smallest absolute Gasteiger partial charge is 0.0910 e. The summed E-state index contributed by atoms with van der Waals surface area (Å²) in [5.41, 5.74) is 0.943. The minimum absolute atomic E-state index is 0.236. The standard InChI is InChI=1S/C12H16N2/c1-4-13-10-14-12(2,3)11-8-6-5-7-9-11/h5-9H,4H2,1-3H3. The highest BCUT2D eigenvalue weighted by molar-refractivity contribution is 5.43. The van der Waals surface area contributed by atoms with Gasteiger partial charge in [0, 0.05) is 6.54 Å². The van der Waals surface area contributed by atoms with Crippen molar-refractivity contribution in [1.29, 1.82) is 0 Å². The molecule has 2 heteroatoms. The largest absolute Gasteiger partial charge is 0.226 e. The highest BCUT2D eigenvalue weighted by Crippen LogP contribution is 2.23. The van der Waals surface area contributed by atoms with Crippen molar-refractivity contribution in [2.45, 2.75) is 26.3 Å². The van der Waals surface area contributed by atoms with Gasteiger partial charge < -0.3 is 0 Å². The monoisotopic (exact) mass is 188 g/mol. The highest BCUT2D eigenvalue weighted by Gasteiger charge is 2.17. The lowest BCUT2D eigenvalue weighted by Crippen LogP contribution is -2.12. The Morgan fingerprint density at radius 2 is 1.86 bits per heavy atom. The Morgan fingerprint density at radius 1 is 1.21 bits per heavy atom. The van der Waals surface area contributed by atoms with Crippen LogP contribution in [-0.2, 0) is 5.54 Å². The average molecular weight is 188 g/mol. The van der Waals surface area contributed by atoms with Crippen molar-refractivity contribution in [3.63, 3.8) is 0 Å². The number of benzene rings is 1. The van der Waals surface area contributed by atoms with Gasteiger partial charge in [0.15, 0.2) is 0 Å². The molecular formula is C12H16N2. The molecule has 2 nitrogen and oxygen atoms in total. The third-order valence-electron chi connectivity index (χ3n) is 2.04. The fraction of sp³-hybridized carbons (Fsp3) is 0.417. The molecule has 0 N–H and O–H groups in total. The van der Waals surface area contributed by atoms with Crippen molar-refractivity contribution < 1.29 is 0 Å². The predicted molar refractivity (Wildman–Crippen MR) is 59.9 cm³/mol. The molecule has 0 saturated heterocycles. The summed E-state index contributed by atoms with van der Waals surface area (Å²) in [7, 11) is 0. The number of aliphatic imine (C=N–C) groups is 2. The second-order valence-electron chi connectivity index (χ2n) is 3.61. The van der Waals surface area contributed by atoms with E-state index in [0.717, 1.165) is 6.54 Å². The fourth-order valence-corrected chi connectivity index (χ4v) is 1.14. The second-order valence-corrected chi connectivity index (χ2v) is 3.61. The maximum atomic E-state index is 4.30. The maximum absolute atomic E-state index is 4.30. The zero-order valence-electron chi connectivity index (χ0n) is 8.99. The molecule has 0 fully saturated rings. The highest BCUT2D eigenvalue weighted by atomic mass is 14.9. The van der Waals surface area contributed by atoms with E-state index in [1.807, 2.05) is 25.1 Å². The van der Waals surface area contributed by atoms with E-state index in [1.54, 1.807) is 0 Å². The van der Waals surface area contributed by atoms with Crippen LogP contribution in [0.4, 0.5) is 0 Å². The molecule has 1 rings (SSSR count). The fourth-order valence-electron chi connectivity index (χ4n) is 1.14. The van der Waals surface area contributed by atoms with Crippen molar-refractivity contribution in [3.8, 4) is 0 Å². The SMILES string of the molecule is CCN=C=NC(C)(C)c1ccccc1. The molecule has 0 atom stereocenters. The Labute approximate surface area is 85.4 Å². The Morgan fingerprint density at radius 3 is 2.43 bits per heavy atom. The van der Waals surface area contributed by atoms with Crippen LogP contribution in [0.2, 0.25) is 0 Å². The first kappa shape index (κ1) is 10.7. The van der Waals surface area contributed by atoms with Gasteiger partial charge in [0.1, 0.15) is 0 Å². The van der Waals surface area contributed by atoms with Crippen LogP contribution in [0.15, 0.2) is 40.3 Å². The zero-order valence-corrected chi connectivity index (χ0v) is 8.99. The van der Waals surface area contributed by atoms with E-state index < -0.39 is 0 Å². The zero-order chi connectivity index (χ0) is 10.4. The van der Waals surface area contributed by atoms with Gasteiger partial charge in [-0.15, -0.1) is 0 Å². The van der Waals surface area contributed by atoms with Gasteiger partial charge in [0.25, 0.3) is 0 Å². The Hall–Kier alpha value is -1.40. The van der Waals surface area contributed by atoms with Gasteiger partial charge in [-0.3, -0.25) is 0 Å². The summed E-state index contributed by atoms with van der Waals surface area (Å²) < 4.78 is 0. The number of hydrogen-bond donors (Lipinski definition) is 0. The summed E-state index contributed by atoms with van der Waals surface area (Å²) in [6.45, 7) is 6.81. The van der Waals surface area contributed by atoms with Crippen molar-refractivity contribution >= 4 is 6.01 Å². The van der Waals surface area contributed by atoms with Gasteiger partial charge in [0.2, 0.25) is 0 Å². The molecule has 0 unspecified atom stereocenters. The van der Waals surface area contributed by atoms with Gasteiger partial charge in [-0.05, 0) is 26.3 Å². The second kappa shape index (κ2) is 4.73. The minimum Gasteiger partial charge on any atom is -0.226 e. The van der Waals surface area contributed by atoms with Crippen LogP contribution in [-0.4, -0.2) is 12.6 Å². The van der Waals surface area contributed by atoms with Crippen LogP contribution in [0.25, 0.3) is 0 Å². The average Bonchev–Trinajstić information content (AvgIpc) is 2.19. The Bertz CT molecular complexity index is 333. The van der Waals surface area contributed by atoms with Crippen molar-refractivity contribution in [2.75, 3.05) is 6.54 Å². The number of hydrogen-bond acceptors (Lipinski definition) is 2. The first-order chi connectivity index (χ1) is 6.67. The lowest BCUT2D eigenvalue weighted by atomic mass is 9.95. The minimum atomic E-state index is -0.236. The molecule has 1 aromatic rings. The van der Waals surface area contributed by atoms with Crippen molar-refractivity contribution in [2.24, 2.45) is 9.98 Å². The van der Waals surface area contributed by atoms with Crippen molar-refractivity contribution in [3.05, 3.63) is 35.9 Å². The summed E-state index contributed by atoms with van der Waals surface area (Å²) >= 11 is 0. The molecule has 0 aromatic heterocycles. The molecule has 74 valence electrons. The van der Waals surface area contributed by atoms with E-state index in [-0.39, 0.29) is 5.54 Å². The van der Waals surface area contributed by atoms with Crippen LogP contribution < -0.4 is 0 Å². The van der Waals surface area contributed by atoms with Gasteiger partial charge in [-0.1, -0.05) is 30.3 Å². The number of rotatable bonds is 3. The summed E-state index contributed by atoms with van der Waals surface area (Å²) in [6, 6.07) is 12.9. The van der Waals surface area contributed by atoms with E-state index in [1.165, 1.54) is 5.56 Å². The van der Waals surface area contributed by atoms with Crippen LogP contribution in [0.1, 0.15) is 26.3 Å². The van der Waals surface area contributed by atoms with E-state index in [2.05, 4.69) is 42.0 Å². The van der Waals surface area contributed by atoms with E-state index in [9.17, 15) is 0 Å². The third-order valence-corrected chi connectivity index (χ3v) is 2.04. The topological polar surface area (TPSA) is 24.7 Å². The van der Waals surface area contributed by atoms with Crippen LogP contribution in [0, 0.1) is 0 Å². The van der Waals surface area contributed by atoms with E-state index >= 15 is 0 Å². The first-order valence-electron chi connectivity index (χ1n) is 4.85. The van der Waals surface area contributed by atoms with Crippen molar-refractivity contribution in [1.82, 2.24) is 0 Å². The lowest BCUT2D eigenvalue weighted by molar-refractivity contribution is 0.561. The molecule has 1 aromatic carbocycles. The summed E-state index contributed by atoms with van der Waals surface area (Å²) in [5.74, 6) is 0. The Kier molecular flexibility index (Phi) is 3.61. The molecule has 0 aliphatic rings. The normalized spacial score (nSPS) is 10.5. The molecule has 0 saturated carbocycles. The van der Waals surface area contributed by atoms with Gasteiger partial charge in [-0.2, -0.15) is 0 Å². The van der Waals surface area contributed by atoms with Gasteiger partial charge in [-0.25, -0.2) is 9.98 Å². The number of nitrogens with zero attached hydrogens (tertiary/aromatic N) is 2. The molecule has 0 bridgehead atoms. The summed E-state index contributed by atoms with van der Waals surface area (Å²) in [5, 5.41) is 0. The molecule has 0 amide bonds. The van der Waals surface area contributed by atoms with E-state index in [0.29, 0.717) is 0 Å². The lowest BCUT2D eigenvalue weighted by Gasteiger charge is -2.17. The van der Waals surface area contributed by atoms with E-state index in [4.69, 9.17) is 0 Å². The molecule has 0 radical (unpaired) electrons.